The van der Waals surface area contributed by atoms with Crippen LogP contribution in [0.15, 0.2) is 24.3 Å². The fourth-order valence-electron chi connectivity index (χ4n) is 3.23. The maximum Gasteiger partial charge on any atom is 0.338 e. The molecule has 2 aliphatic heterocycles. The summed E-state index contributed by atoms with van der Waals surface area (Å²) < 4.78 is 10.7. The molecule has 0 radical (unpaired) electrons. The van der Waals surface area contributed by atoms with Gasteiger partial charge in [-0.2, -0.15) is 0 Å². The van der Waals surface area contributed by atoms with Gasteiger partial charge in [0.2, 0.25) is 5.91 Å². The molecule has 0 spiro atoms. The average Bonchev–Trinajstić information content (AvgIpc) is 2.97. The van der Waals surface area contributed by atoms with Gasteiger partial charge in [-0.15, -0.1) is 0 Å². The van der Waals surface area contributed by atoms with E-state index in [-0.39, 0.29) is 49.3 Å². The van der Waals surface area contributed by atoms with Crippen LogP contribution in [-0.2, 0) is 25.6 Å². The van der Waals surface area contributed by atoms with E-state index in [1.165, 1.54) is 0 Å². The highest BCUT2D eigenvalue weighted by atomic mass is 16.5. The van der Waals surface area contributed by atoms with Crippen molar-refractivity contribution in [3.05, 3.63) is 35.4 Å². The van der Waals surface area contributed by atoms with Crippen LogP contribution in [0.2, 0.25) is 0 Å². The second-order valence-electron chi connectivity index (χ2n) is 6.97. The fraction of sp³-hybridized carbons (Fsp3) is 0.474. The normalized spacial score (nSPS) is 22.2. The van der Waals surface area contributed by atoms with Crippen molar-refractivity contribution in [2.45, 2.75) is 32.6 Å². The predicted octanol–water partition coefficient (Wildman–Crippen LogP) is 0.531. The quantitative estimate of drug-likeness (QED) is 0.582. The Hall–Kier alpha value is -2.94. The van der Waals surface area contributed by atoms with E-state index < -0.39 is 12.0 Å². The maximum absolute atomic E-state index is 12.3. The molecule has 1 N–H and O–H groups in total. The van der Waals surface area contributed by atoms with Crippen molar-refractivity contribution < 1.29 is 28.7 Å². The number of esters is 1. The van der Waals surface area contributed by atoms with Crippen LogP contribution in [0.1, 0.15) is 29.8 Å². The molecular formula is C19H23N3O6. The highest BCUT2D eigenvalue weighted by molar-refractivity contribution is 6.01. The summed E-state index contributed by atoms with van der Waals surface area (Å²) in [6.07, 6.45) is -0.110. The van der Waals surface area contributed by atoms with Crippen LogP contribution in [0.5, 0.6) is 0 Å². The van der Waals surface area contributed by atoms with Crippen molar-refractivity contribution in [3.8, 4) is 0 Å². The summed E-state index contributed by atoms with van der Waals surface area (Å²) in [5.41, 5.74) is 0.992. The van der Waals surface area contributed by atoms with Crippen molar-refractivity contribution in [3.63, 3.8) is 0 Å². The second kappa shape index (κ2) is 8.39. The molecule has 4 amide bonds. The first kappa shape index (κ1) is 19.8. The fourth-order valence-corrected chi connectivity index (χ4v) is 3.23. The zero-order valence-electron chi connectivity index (χ0n) is 15.8. The number of hydrogen-bond acceptors (Lipinski definition) is 6. The van der Waals surface area contributed by atoms with Crippen LogP contribution in [0.4, 0.5) is 4.79 Å². The lowest BCUT2D eigenvalue weighted by atomic mass is 10.1. The van der Waals surface area contributed by atoms with Crippen LogP contribution in [0, 0.1) is 0 Å². The molecule has 2 atom stereocenters. The number of nitrogens with zero attached hydrogens (tertiary/aromatic N) is 2. The number of hydrogen-bond donors (Lipinski definition) is 1. The van der Waals surface area contributed by atoms with Gasteiger partial charge in [-0.05, 0) is 31.5 Å². The topological polar surface area (TPSA) is 105 Å². The molecule has 2 unspecified atom stereocenters. The summed E-state index contributed by atoms with van der Waals surface area (Å²) in [5.74, 6) is -1.16. The maximum atomic E-state index is 12.3. The standard InChI is InChI=1S/C19H23N3O6/c1-12-8-21(9-13(2)28-12)17(24)11-27-18(25)15-5-3-14(4-6-15)10-22-16(23)7-20-19(22)26/h3-6,12-13H,7-11H2,1-2H3,(H,20,26). The van der Waals surface area contributed by atoms with Gasteiger partial charge >= 0.3 is 12.0 Å². The van der Waals surface area contributed by atoms with Crippen molar-refractivity contribution in [2.75, 3.05) is 26.2 Å². The summed E-state index contributed by atoms with van der Waals surface area (Å²) in [5, 5.41) is 2.45. The van der Waals surface area contributed by atoms with Gasteiger partial charge in [0, 0.05) is 13.1 Å². The SMILES string of the molecule is CC1CN(C(=O)COC(=O)c2ccc(CN3C(=O)CNC3=O)cc2)CC(C)O1. The largest absolute Gasteiger partial charge is 0.452 e. The zero-order chi connectivity index (χ0) is 20.3. The Kier molecular flexibility index (Phi) is 5.93. The Morgan fingerprint density at radius 2 is 1.79 bits per heavy atom. The number of amides is 4. The number of carbonyl (C=O) groups excluding carboxylic acids is 4. The van der Waals surface area contributed by atoms with Crippen LogP contribution in [0.25, 0.3) is 0 Å². The Morgan fingerprint density at radius 3 is 2.36 bits per heavy atom. The van der Waals surface area contributed by atoms with E-state index in [0.29, 0.717) is 18.7 Å². The summed E-state index contributed by atoms with van der Waals surface area (Å²) in [7, 11) is 0. The molecule has 0 saturated carbocycles. The van der Waals surface area contributed by atoms with Crippen LogP contribution in [-0.4, -0.2) is 72.1 Å². The first-order chi connectivity index (χ1) is 13.3. The lowest BCUT2D eigenvalue weighted by molar-refractivity contribution is -0.146. The third-order valence-electron chi connectivity index (χ3n) is 4.57. The number of ether oxygens (including phenoxy) is 2. The van der Waals surface area contributed by atoms with E-state index in [0.717, 1.165) is 4.90 Å². The highest BCUT2D eigenvalue weighted by Gasteiger charge is 2.28. The molecule has 0 bridgehead atoms. The van der Waals surface area contributed by atoms with Crippen LogP contribution < -0.4 is 5.32 Å². The van der Waals surface area contributed by atoms with E-state index in [2.05, 4.69) is 5.32 Å². The number of benzene rings is 1. The number of rotatable bonds is 5. The molecule has 150 valence electrons. The van der Waals surface area contributed by atoms with Crippen molar-refractivity contribution in [1.29, 1.82) is 0 Å². The first-order valence-electron chi connectivity index (χ1n) is 9.11. The summed E-state index contributed by atoms with van der Waals surface area (Å²) in [6, 6.07) is 5.93. The lowest BCUT2D eigenvalue weighted by Crippen LogP contribution is -2.49. The number of urea groups is 1. The van der Waals surface area contributed by atoms with E-state index in [1.807, 2.05) is 13.8 Å². The molecule has 0 aliphatic carbocycles. The van der Waals surface area contributed by atoms with E-state index >= 15 is 0 Å². The Balaban J connectivity index is 1.51. The van der Waals surface area contributed by atoms with Crippen molar-refractivity contribution in [2.24, 2.45) is 0 Å². The lowest BCUT2D eigenvalue weighted by Gasteiger charge is -2.35. The van der Waals surface area contributed by atoms with Gasteiger partial charge in [0.1, 0.15) is 0 Å². The van der Waals surface area contributed by atoms with Gasteiger partial charge in [0.05, 0.1) is 30.9 Å². The molecule has 9 nitrogen and oxygen atoms in total. The van der Waals surface area contributed by atoms with Crippen LogP contribution >= 0.6 is 0 Å². The minimum atomic E-state index is -0.607. The molecule has 1 aromatic carbocycles. The summed E-state index contributed by atoms with van der Waals surface area (Å²) >= 11 is 0. The van der Waals surface area contributed by atoms with E-state index in [9.17, 15) is 19.2 Å². The van der Waals surface area contributed by atoms with Gasteiger partial charge < -0.3 is 19.7 Å². The van der Waals surface area contributed by atoms with Crippen molar-refractivity contribution in [1.82, 2.24) is 15.1 Å². The molecular weight excluding hydrogens is 366 g/mol. The molecule has 2 saturated heterocycles. The third kappa shape index (κ3) is 4.66. The number of carbonyl (C=O) groups is 4. The van der Waals surface area contributed by atoms with E-state index in [4.69, 9.17) is 9.47 Å². The molecule has 1 aromatic rings. The second-order valence-corrected chi connectivity index (χ2v) is 6.97. The summed E-state index contributed by atoms with van der Waals surface area (Å²) in [4.78, 5) is 50.3. The Bertz CT molecular complexity index is 752. The Morgan fingerprint density at radius 1 is 1.14 bits per heavy atom. The Labute approximate surface area is 162 Å². The predicted molar refractivity (Wildman–Crippen MR) is 97.3 cm³/mol. The first-order valence-corrected chi connectivity index (χ1v) is 9.11. The molecule has 9 heteroatoms. The molecule has 2 aliphatic rings. The number of nitrogens with one attached hydrogen (secondary N) is 1. The molecule has 2 heterocycles. The van der Waals surface area contributed by atoms with Crippen molar-refractivity contribution >= 4 is 23.8 Å². The smallest absolute Gasteiger partial charge is 0.338 e. The molecule has 0 aromatic heterocycles. The minimum Gasteiger partial charge on any atom is -0.452 e. The van der Waals surface area contributed by atoms with Gasteiger partial charge in [-0.25, -0.2) is 9.59 Å². The molecule has 3 rings (SSSR count). The third-order valence-corrected chi connectivity index (χ3v) is 4.57. The van der Waals surface area contributed by atoms with Gasteiger partial charge in [0.25, 0.3) is 5.91 Å². The van der Waals surface area contributed by atoms with Gasteiger partial charge in [0.15, 0.2) is 6.61 Å². The summed E-state index contributed by atoms with van der Waals surface area (Å²) in [6.45, 7) is 4.52. The van der Waals surface area contributed by atoms with E-state index in [1.54, 1.807) is 29.2 Å². The number of morpholine rings is 1. The van der Waals surface area contributed by atoms with Gasteiger partial charge in [-0.1, -0.05) is 12.1 Å². The average molecular weight is 389 g/mol. The van der Waals surface area contributed by atoms with Gasteiger partial charge in [-0.3, -0.25) is 14.5 Å². The monoisotopic (exact) mass is 389 g/mol. The number of imide groups is 1. The molecule has 28 heavy (non-hydrogen) atoms. The molecule has 2 fully saturated rings. The highest BCUT2D eigenvalue weighted by Crippen LogP contribution is 2.13. The van der Waals surface area contributed by atoms with Crippen LogP contribution in [0.3, 0.4) is 0 Å². The minimum absolute atomic E-state index is 0.00201. The zero-order valence-corrected chi connectivity index (χ0v) is 15.8.